The van der Waals surface area contributed by atoms with Crippen molar-refractivity contribution in [3.8, 4) is 5.75 Å². The monoisotopic (exact) mass is 291 g/mol. The van der Waals surface area contributed by atoms with E-state index in [1.807, 2.05) is 19.2 Å². The summed E-state index contributed by atoms with van der Waals surface area (Å²) in [6, 6.07) is 8.17. The molecule has 1 rings (SSSR count). The normalized spacial score (nSPS) is 11.6. The first kappa shape index (κ1) is 17.3. The number of hydrogen-bond donors (Lipinski definition) is 2. The summed E-state index contributed by atoms with van der Waals surface area (Å²) < 4.78 is 5.23. The standard InChI is InChI=1S/C17H29N3O/c1-14(2)7-6-11-19-17(18-3)20-12-10-15-8-5-9-16(13-15)21-4/h5,8-9,13-14H,6-7,10-12H2,1-4H3,(H2,18,19,20). The predicted molar refractivity (Wildman–Crippen MR) is 90.1 cm³/mol. The molecule has 0 aliphatic carbocycles. The van der Waals surface area contributed by atoms with Gasteiger partial charge < -0.3 is 15.4 Å². The molecule has 0 radical (unpaired) electrons. The van der Waals surface area contributed by atoms with Crippen molar-refractivity contribution in [2.75, 3.05) is 27.2 Å². The summed E-state index contributed by atoms with van der Waals surface area (Å²) in [5.74, 6) is 2.54. The van der Waals surface area contributed by atoms with Gasteiger partial charge in [0.1, 0.15) is 5.75 Å². The molecule has 21 heavy (non-hydrogen) atoms. The Morgan fingerprint density at radius 2 is 2.00 bits per heavy atom. The van der Waals surface area contributed by atoms with E-state index in [4.69, 9.17) is 4.74 Å². The summed E-state index contributed by atoms with van der Waals surface area (Å²) in [6.07, 6.45) is 3.37. The molecule has 118 valence electrons. The van der Waals surface area contributed by atoms with Crippen LogP contribution in [0.4, 0.5) is 0 Å². The van der Waals surface area contributed by atoms with Gasteiger partial charge in [0.15, 0.2) is 5.96 Å². The molecule has 0 atom stereocenters. The molecule has 0 aliphatic rings. The molecule has 0 saturated heterocycles. The van der Waals surface area contributed by atoms with Gasteiger partial charge in [0, 0.05) is 20.1 Å². The molecule has 0 aliphatic heterocycles. The molecule has 4 heteroatoms. The van der Waals surface area contributed by atoms with Crippen molar-refractivity contribution >= 4 is 5.96 Å². The van der Waals surface area contributed by atoms with Crippen LogP contribution >= 0.6 is 0 Å². The van der Waals surface area contributed by atoms with E-state index in [0.29, 0.717) is 0 Å². The lowest BCUT2D eigenvalue weighted by Crippen LogP contribution is -2.38. The number of rotatable bonds is 8. The van der Waals surface area contributed by atoms with E-state index < -0.39 is 0 Å². The van der Waals surface area contributed by atoms with Crippen molar-refractivity contribution in [1.29, 1.82) is 0 Å². The summed E-state index contributed by atoms with van der Waals surface area (Å²) >= 11 is 0. The van der Waals surface area contributed by atoms with Crippen molar-refractivity contribution in [2.45, 2.75) is 33.1 Å². The number of ether oxygens (including phenoxy) is 1. The Morgan fingerprint density at radius 1 is 1.24 bits per heavy atom. The van der Waals surface area contributed by atoms with Crippen LogP contribution in [0.25, 0.3) is 0 Å². The number of methoxy groups -OCH3 is 1. The number of nitrogens with zero attached hydrogens (tertiary/aromatic N) is 1. The maximum atomic E-state index is 5.23. The maximum Gasteiger partial charge on any atom is 0.190 e. The van der Waals surface area contributed by atoms with Gasteiger partial charge in [-0.1, -0.05) is 26.0 Å². The van der Waals surface area contributed by atoms with E-state index in [9.17, 15) is 0 Å². The largest absolute Gasteiger partial charge is 0.497 e. The Balaban J connectivity index is 2.25. The molecule has 1 aromatic rings. The van der Waals surface area contributed by atoms with Crippen LogP contribution in [0.15, 0.2) is 29.3 Å². The zero-order valence-electron chi connectivity index (χ0n) is 13.8. The van der Waals surface area contributed by atoms with Crippen LogP contribution < -0.4 is 15.4 Å². The quantitative estimate of drug-likeness (QED) is 0.440. The third-order valence-electron chi connectivity index (χ3n) is 3.31. The fraction of sp³-hybridized carbons (Fsp3) is 0.588. The van der Waals surface area contributed by atoms with Crippen LogP contribution in [-0.4, -0.2) is 33.2 Å². The van der Waals surface area contributed by atoms with Crippen molar-refractivity contribution in [3.05, 3.63) is 29.8 Å². The summed E-state index contributed by atoms with van der Waals surface area (Å²) in [4.78, 5) is 4.24. The van der Waals surface area contributed by atoms with Gasteiger partial charge in [-0.05, 0) is 42.9 Å². The lowest BCUT2D eigenvalue weighted by Gasteiger charge is -2.12. The molecule has 0 fully saturated rings. The minimum atomic E-state index is 0.759. The van der Waals surface area contributed by atoms with Crippen molar-refractivity contribution in [1.82, 2.24) is 10.6 Å². The van der Waals surface area contributed by atoms with Gasteiger partial charge in [0.2, 0.25) is 0 Å². The van der Waals surface area contributed by atoms with Gasteiger partial charge in [-0.2, -0.15) is 0 Å². The number of hydrogen-bond acceptors (Lipinski definition) is 2. The number of benzene rings is 1. The molecule has 0 spiro atoms. The maximum absolute atomic E-state index is 5.23. The van der Waals surface area contributed by atoms with Crippen molar-refractivity contribution < 1.29 is 4.74 Å². The van der Waals surface area contributed by atoms with Gasteiger partial charge in [-0.15, -0.1) is 0 Å². The molecule has 0 amide bonds. The first-order valence-electron chi connectivity index (χ1n) is 7.73. The first-order chi connectivity index (χ1) is 10.2. The van der Waals surface area contributed by atoms with E-state index in [1.165, 1.54) is 18.4 Å². The lowest BCUT2D eigenvalue weighted by atomic mass is 10.1. The highest BCUT2D eigenvalue weighted by molar-refractivity contribution is 5.79. The van der Waals surface area contributed by atoms with Gasteiger partial charge in [-0.25, -0.2) is 0 Å². The highest BCUT2D eigenvalue weighted by Crippen LogP contribution is 2.12. The van der Waals surface area contributed by atoms with Crippen molar-refractivity contribution in [2.24, 2.45) is 10.9 Å². The molecule has 0 bridgehead atoms. The summed E-state index contributed by atoms with van der Waals surface area (Å²) in [6.45, 7) is 6.33. The first-order valence-corrected chi connectivity index (χ1v) is 7.73. The molecular weight excluding hydrogens is 262 g/mol. The number of guanidine groups is 1. The topological polar surface area (TPSA) is 45.7 Å². The third kappa shape index (κ3) is 7.59. The second-order valence-corrected chi connectivity index (χ2v) is 5.56. The summed E-state index contributed by atoms with van der Waals surface area (Å²) in [5.41, 5.74) is 1.26. The van der Waals surface area contributed by atoms with Crippen LogP contribution in [0.5, 0.6) is 5.75 Å². The molecule has 1 aromatic carbocycles. The number of nitrogens with one attached hydrogen (secondary N) is 2. The Hall–Kier alpha value is -1.71. The van der Waals surface area contributed by atoms with Gasteiger partial charge in [0.25, 0.3) is 0 Å². The second kappa shape index (κ2) is 10.1. The Morgan fingerprint density at radius 3 is 2.67 bits per heavy atom. The molecule has 0 heterocycles. The minimum Gasteiger partial charge on any atom is -0.497 e. The van der Waals surface area contributed by atoms with Crippen LogP contribution in [-0.2, 0) is 6.42 Å². The second-order valence-electron chi connectivity index (χ2n) is 5.56. The van der Waals surface area contributed by atoms with Crippen molar-refractivity contribution in [3.63, 3.8) is 0 Å². The smallest absolute Gasteiger partial charge is 0.190 e. The Bertz CT molecular complexity index is 430. The number of aliphatic imine (C=N–C) groups is 1. The third-order valence-corrected chi connectivity index (χ3v) is 3.31. The van der Waals surface area contributed by atoms with E-state index in [0.717, 1.165) is 37.1 Å². The molecular formula is C17H29N3O. The highest BCUT2D eigenvalue weighted by Gasteiger charge is 2.00. The van der Waals surface area contributed by atoms with Crippen LogP contribution in [0.3, 0.4) is 0 Å². The average Bonchev–Trinajstić information content (AvgIpc) is 2.49. The molecule has 4 nitrogen and oxygen atoms in total. The van der Waals surface area contributed by atoms with E-state index in [2.05, 4.69) is 41.6 Å². The Labute approximate surface area is 129 Å². The van der Waals surface area contributed by atoms with Crippen LogP contribution in [0.1, 0.15) is 32.3 Å². The fourth-order valence-corrected chi connectivity index (χ4v) is 2.09. The zero-order valence-corrected chi connectivity index (χ0v) is 13.8. The van der Waals surface area contributed by atoms with Gasteiger partial charge in [-0.3, -0.25) is 4.99 Å². The predicted octanol–water partition coefficient (Wildman–Crippen LogP) is 2.84. The van der Waals surface area contributed by atoms with E-state index >= 15 is 0 Å². The van der Waals surface area contributed by atoms with Crippen LogP contribution in [0.2, 0.25) is 0 Å². The highest BCUT2D eigenvalue weighted by atomic mass is 16.5. The SMILES string of the molecule is CN=C(NCCCC(C)C)NCCc1cccc(OC)c1. The van der Waals surface area contributed by atoms with E-state index in [-0.39, 0.29) is 0 Å². The molecule has 2 N–H and O–H groups in total. The zero-order chi connectivity index (χ0) is 15.5. The molecule has 0 saturated carbocycles. The summed E-state index contributed by atoms with van der Waals surface area (Å²) in [5, 5.41) is 6.69. The molecule has 0 aromatic heterocycles. The lowest BCUT2D eigenvalue weighted by molar-refractivity contribution is 0.414. The molecule has 0 unspecified atom stereocenters. The fourth-order valence-electron chi connectivity index (χ4n) is 2.09. The minimum absolute atomic E-state index is 0.759. The van der Waals surface area contributed by atoms with Gasteiger partial charge >= 0.3 is 0 Å². The summed E-state index contributed by atoms with van der Waals surface area (Å²) in [7, 11) is 3.50. The van der Waals surface area contributed by atoms with Gasteiger partial charge in [0.05, 0.1) is 7.11 Å². The van der Waals surface area contributed by atoms with Crippen LogP contribution in [0, 0.1) is 5.92 Å². The van der Waals surface area contributed by atoms with E-state index in [1.54, 1.807) is 7.11 Å². The Kier molecular flexibility index (Phi) is 8.32. The average molecular weight is 291 g/mol.